The first-order chi connectivity index (χ1) is 7.84. The molecular weight excluding hydrogens is 200 g/mol. The largest absolute Gasteiger partial charge is 0.262 e. The lowest BCUT2D eigenvalue weighted by Crippen LogP contribution is -1.96. The second kappa shape index (κ2) is 3.41. The van der Waals surface area contributed by atoms with Gasteiger partial charge in [0, 0.05) is 6.20 Å². The average Bonchev–Trinajstić information content (AvgIpc) is 2.74. The van der Waals surface area contributed by atoms with Crippen molar-refractivity contribution in [1.29, 1.82) is 0 Å². The van der Waals surface area contributed by atoms with Crippen LogP contribution >= 0.6 is 0 Å². The third-order valence-electron chi connectivity index (χ3n) is 2.53. The van der Waals surface area contributed by atoms with E-state index in [2.05, 4.69) is 34.4 Å². The number of fused-ring (bicyclic) bond motifs is 1. The number of pyridine rings is 1. The zero-order valence-corrected chi connectivity index (χ0v) is 8.83. The SMILES string of the molecule is Cc1ccc(-n2nnc3ccncc32)cc1. The highest BCUT2D eigenvalue weighted by molar-refractivity contribution is 5.74. The molecule has 3 rings (SSSR count). The van der Waals surface area contributed by atoms with Gasteiger partial charge in [-0.05, 0) is 25.1 Å². The summed E-state index contributed by atoms with van der Waals surface area (Å²) >= 11 is 0. The van der Waals surface area contributed by atoms with E-state index in [1.54, 1.807) is 17.1 Å². The Bertz CT molecular complexity index is 625. The van der Waals surface area contributed by atoms with Gasteiger partial charge < -0.3 is 0 Å². The number of hydrogen-bond acceptors (Lipinski definition) is 3. The fourth-order valence-electron chi connectivity index (χ4n) is 1.64. The van der Waals surface area contributed by atoms with Gasteiger partial charge in [0.05, 0.1) is 11.9 Å². The Morgan fingerprint density at radius 3 is 2.69 bits per heavy atom. The van der Waals surface area contributed by atoms with Crippen molar-refractivity contribution in [2.24, 2.45) is 0 Å². The summed E-state index contributed by atoms with van der Waals surface area (Å²) in [6, 6.07) is 10.0. The van der Waals surface area contributed by atoms with Crippen molar-refractivity contribution in [2.75, 3.05) is 0 Å². The van der Waals surface area contributed by atoms with E-state index < -0.39 is 0 Å². The van der Waals surface area contributed by atoms with Crippen LogP contribution in [0.2, 0.25) is 0 Å². The van der Waals surface area contributed by atoms with E-state index in [0.717, 1.165) is 16.7 Å². The third kappa shape index (κ3) is 1.35. The Morgan fingerprint density at radius 2 is 1.88 bits per heavy atom. The van der Waals surface area contributed by atoms with Crippen LogP contribution in [0, 0.1) is 6.92 Å². The van der Waals surface area contributed by atoms with Crippen LogP contribution in [0.1, 0.15) is 5.56 Å². The summed E-state index contributed by atoms with van der Waals surface area (Å²) in [5.41, 5.74) is 4.01. The van der Waals surface area contributed by atoms with Crippen molar-refractivity contribution in [1.82, 2.24) is 20.0 Å². The van der Waals surface area contributed by atoms with E-state index in [-0.39, 0.29) is 0 Å². The molecule has 0 aliphatic carbocycles. The van der Waals surface area contributed by atoms with Crippen molar-refractivity contribution >= 4 is 11.0 Å². The Balaban J connectivity index is 2.22. The highest BCUT2D eigenvalue weighted by Crippen LogP contribution is 2.14. The molecule has 0 atom stereocenters. The fourth-order valence-corrected chi connectivity index (χ4v) is 1.64. The molecule has 0 amide bonds. The maximum atomic E-state index is 4.12. The lowest BCUT2D eigenvalue weighted by atomic mass is 10.2. The molecule has 0 aliphatic rings. The molecule has 0 aliphatic heterocycles. The monoisotopic (exact) mass is 210 g/mol. The van der Waals surface area contributed by atoms with Crippen LogP contribution in [0.15, 0.2) is 42.7 Å². The molecule has 3 aromatic rings. The van der Waals surface area contributed by atoms with Crippen LogP contribution < -0.4 is 0 Å². The van der Waals surface area contributed by atoms with Crippen LogP contribution in [0.25, 0.3) is 16.7 Å². The molecule has 0 saturated heterocycles. The van der Waals surface area contributed by atoms with E-state index in [1.165, 1.54) is 5.56 Å². The standard InChI is InChI=1S/C12H10N4/c1-9-2-4-10(5-3-9)16-12-8-13-7-6-11(12)14-15-16/h2-8H,1H3. The predicted octanol–water partition coefficient (Wildman–Crippen LogP) is 2.12. The Morgan fingerprint density at radius 1 is 1.06 bits per heavy atom. The Kier molecular flexibility index (Phi) is 1.93. The molecule has 0 bridgehead atoms. The average molecular weight is 210 g/mol. The summed E-state index contributed by atoms with van der Waals surface area (Å²) in [6.07, 6.45) is 3.49. The molecule has 0 radical (unpaired) electrons. The number of benzene rings is 1. The first-order valence-electron chi connectivity index (χ1n) is 5.07. The molecule has 4 heteroatoms. The topological polar surface area (TPSA) is 43.6 Å². The van der Waals surface area contributed by atoms with E-state index >= 15 is 0 Å². The van der Waals surface area contributed by atoms with Gasteiger partial charge in [0.25, 0.3) is 0 Å². The van der Waals surface area contributed by atoms with Crippen LogP contribution in [-0.4, -0.2) is 20.0 Å². The summed E-state index contributed by atoms with van der Waals surface area (Å²) in [5.74, 6) is 0. The molecule has 0 fully saturated rings. The molecule has 4 nitrogen and oxygen atoms in total. The highest BCUT2D eigenvalue weighted by atomic mass is 15.4. The Hall–Kier alpha value is -2.23. The van der Waals surface area contributed by atoms with Gasteiger partial charge in [-0.15, -0.1) is 5.10 Å². The molecule has 78 valence electrons. The molecule has 1 aromatic carbocycles. The number of nitrogens with zero attached hydrogens (tertiary/aromatic N) is 4. The lowest BCUT2D eigenvalue weighted by Gasteiger charge is -2.01. The maximum absolute atomic E-state index is 4.12. The molecule has 0 spiro atoms. The number of aromatic nitrogens is 4. The first kappa shape index (κ1) is 9.03. The quantitative estimate of drug-likeness (QED) is 0.618. The predicted molar refractivity (Wildman–Crippen MR) is 61.4 cm³/mol. The van der Waals surface area contributed by atoms with E-state index in [4.69, 9.17) is 0 Å². The molecular formula is C12H10N4. The normalized spacial score (nSPS) is 10.8. The second-order valence-electron chi connectivity index (χ2n) is 3.70. The lowest BCUT2D eigenvalue weighted by molar-refractivity contribution is 0.823. The highest BCUT2D eigenvalue weighted by Gasteiger charge is 2.05. The molecule has 16 heavy (non-hydrogen) atoms. The molecule has 2 heterocycles. The van der Waals surface area contributed by atoms with Gasteiger partial charge in [0.2, 0.25) is 0 Å². The van der Waals surface area contributed by atoms with Gasteiger partial charge in [-0.25, -0.2) is 4.68 Å². The number of rotatable bonds is 1. The maximum Gasteiger partial charge on any atom is 0.116 e. The van der Waals surface area contributed by atoms with Crippen LogP contribution in [0.4, 0.5) is 0 Å². The number of aryl methyl sites for hydroxylation is 1. The van der Waals surface area contributed by atoms with Crippen LogP contribution in [0.5, 0.6) is 0 Å². The summed E-state index contributed by atoms with van der Waals surface area (Å²) < 4.78 is 1.79. The minimum atomic E-state index is 0.857. The van der Waals surface area contributed by atoms with Gasteiger partial charge in [0.15, 0.2) is 0 Å². The summed E-state index contributed by atoms with van der Waals surface area (Å²) in [6.45, 7) is 2.06. The number of hydrogen-bond donors (Lipinski definition) is 0. The van der Waals surface area contributed by atoms with E-state index in [0.29, 0.717) is 0 Å². The summed E-state index contributed by atoms with van der Waals surface area (Å²) in [4.78, 5) is 4.09. The summed E-state index contributed by atoms with van der Waals surface area (Å²) in [5, 5.41) is 8.21. The van der Waals surface area contributed by atoms with Gasteiger partial charge in [-0.2, -0.15) is 0 Å². The molecule has 2 aromatic heterocycles. The van der Waals surface area contributed by atoms with E-state index in [9.17, 15) is 0 Å². The minimum absolute atomic E-state index is 0.857. The zero-order valence-electron chi connectivity index (χ0n) is 8.83. The van der Waals surface area contributed by atoms with Gasteiger partial charge >= 0.3 is 0 Å². The Labute approximate surface area is 92.6 Å². The molecule has 0 unspecified atom stereocenters. The molecule has 0 saturated carbocycles. The smallest absolute Gasteiger partial charge is 0.116 e. The van der Waals surface area contributed by atoms with Crippen molar-refractivity contribution < 1.29 is 0 Å². The van der Waals surface area contributed by atoms with Crippen LogP contribution in [0.3, 0.4) is 0 Å². The van der Waals surface area contributed by atoms with Crippen molar-refractivity contribution in [3.63, 3.8) is 0 Å². The first-order valence-corrected chi connectivity index (χ1v) is 5.07. The van der Waals surface area contributed by atoms with Gasteiger partial charge in [0.1, 0.15) is 11.0 Å². The minimum Gasteiger partial charge on any atom is -0.262 e. The fraction of sp³-hybridized carbons (Fsp3) is 0.0833. The summed E-state index contributed by atoms with van der Waals surface area (Å²) in [7, 11) is 0. The van der Waals surface area contributed by atoms with Gasteiger partial charge in [-0.1, -0.05) is 22.9 Å². The zero-order chi connectivity index (χ0) is 11.0. The van der Waals surface area contributed by atoms with Gasteiger partial charge in [-0.3, -0.25) is 4.98 Å². The van der Waals surface area contributed by atoms with Crippen LogP contribution in [-0.2, 0) is 0 Å². The third-order valence-corrected chi connectivity index (χ3v) is 2.53. The van der Waals surface area contributed by atoms with E-state index in [1.807, 2.05) is 18.2 Å². The van der Waals surface area contributed by atoms with Crippen molar-refractivity contribution in [2.45, 2.75) is 6.92 Å². The van der Waals surface area contributed by atoms with Crippen molar-refractivity contribution in [3.8, 4) is 5.69 Å². The molecule has 0 N–H and O–H groups in total. The second-order valence-corrected chi connectivity index (χ2v) is 3.70. The van der Waals surface area contributed by atoms with Crippen molar-refractivity contribution in [3.05, 3.63) is 48.3 Å².